The Bertz CT molecular complexity index is 486. The number of amides is 1. The topological polar surface area (TPSA) is 61.4 Å². The molecule has 1 aromatic heterocycles. The van der Waals surface area contributed by atoms with E-state index in [4.69, 9.17) is 0 Å². The molecule has 0 spiro atoms. The number of carbonyl (C=O) groups is 1. The molecule has 0 saturated carbocycles. The highest BCUT2D eigenvalue weighted by molar-refractivity contribution is 5.85. The van der Waals surface area contributed by atoms with Gasteiger partial charge in [-0.15, -0.1) is 0 Å². The van der Waals surface area contributed by atoms with Gasteiger partial charge in [-0.1, -0.05) is 0 Å². The summed E-state index contributed by atoms with van der Waals surface area (Å²) in [5.41, 5.74) is 0.940. The molecule has 0 bridgehead atoms. The van der Waals surface area contributed by atoms with Crippen LogP contribution in [0.3, 0.4) is 0 Å². The van der Waals surface area contributed by atoms with Crippen LogP contribution in [0.2, 0.25) is 0 Å². The van der Waals surface area contributed by atoms with Crippen molar-refractivity contribution in [2.75, 3.05) is 37.6 Å². The molecule has 3 heterocycles. The van der Waals surface area contributed by atoms with E-state index in [1.807, 2.05) is 17.9 Å². The van der Waals surface area contributed by atoms with Gasteiger partial charge in [-0.25, -0.2) is 9.97 Å². The molecule has 3 rings (SSSR count). The van der Waals surface area contributed by atoms with Gasteiger partial charge in [0.05, 0.1) is 0 Å². The van der Waals surface area contributed by atoms with Crippen molar-refractivity contribution in [3.63, 3.8) is 0 Å². The van der Waals surface area contributed by atoms with E-state index in [-0.39, 0.29) is 11.9 Å². The number of hydrogen-bond acceptors (Lipinski definition) is 5. The molecule has 0 aromatic carbocycles. The summed E-state index contributed by atoms with van der Waals surface area (Å²) in [4.78, 5) is 25.3. The van der Waals surface area contributed by atoms with Gasteiger partial charge < -0.3 is 15.1 Å². The van der Waals surface area contributed by atoms with Gasteiger partial charge >= 0.3 is 0 Å². The maximum Gasteiger partial charge on any atom is 0.245 e. The van der Waals surface area contributed by atoms with E-state index in [1.54, 1.807) is 6.33 Å². The normalized spacial score (nSPS) is 23.1. The largest absolute Gasteiger partial charge is 0.344 e. The van der Waals surface area contributed by atoms with Crippen LogP contribution >= 0.6 is 0 Å². The first-order chi connectivity index (χ1) is 9.75. The molecule has 0 aliphatic carbocycles. The standard InChI is InChI=1S/C14H21N5O/c1-11-9-13(17-10-16-11)19-6-2-3-12(19)14(20)18-7-4-15-5-8-18/h9-10,12,15H,2-8H2,1H3. The third-order valence-corrected chi connectivity index (χ3v) is 4.05. The van der Waals surface area contributed by atoms with Crippen molar-refractivity contribution >= 4 is 11.7 Å². The van der Waals surface area contributed by atoms with Crippen molar-refractivity contribution < 1.29 is 4.79 Å². The summed E-state index contributed by atoms with van der Waals surface area (Å²) in [5, 5.41) is 3.28. The lowest BCUT2D eigenvalue weighted by molar-refractivity contribution is -0.133. The van der Waals surface area contributed by atoms with Crippen molar-refractivity contribution in [2.24, 2.45) is 0 Å². The van der Waals surface area contributed by atoms with Gasteiger partial charge in [0.15, 0.2) is 0 Å². The molecule has 20 heavy (non-hydrogen) atoms. The molecule has 1 amide bonds. The van der Waals surface area contributed by atoms with Gasteiger partial charge in [0, 0.05) is 44.5 Å². The van der Waals surface area contributed by atoms with E-state index in [0.717, 1.165) is 57.1 Å². The van der Waals surface area contributed by atoms with Crippen molar-refractivity contribution in [1.29, 1.82) is 0 Å². The SMILES string of the molecule is Cc1cc(N2CCCC2C(=O)N2CCNCC2)ncn1. The molecule has 2 fully saturated rings. The lowest BCUT2D eigenvalue weighted by atomic mass is 10.1. The van der Waals surface area contributed by atoms with Gasteiger partial charge in [0.1, 0.15) is 18.2 Å². The molecule has 108 valence electrons. The molecular formula is C14H21N5O. The van der Waals surface area contributed by atoms with Gasteiger partial charge in [0.2, 0.25) is 5.91 Å². The van der Waals surface area contributed by atoms with Crippen molar-refractivity contribution in [1.82, 2.24) is 20.2 Å². The van der Waals surface area contributed by atoms with Gasteiger partial charge in [-0.3, -0.25) is 4.79 Å². The minimum Gasteiger partial charge on any atom is -0.344 e. The molecule has 1 unspecified atom stereocenters. The second-order valence-corrected chi connectivity index (χ2v) is 5.44. The summed E-state index contributed by atoms with van der Waals surface area (Å²) in [7, 11) is 0. The highest BCUT2D eigenvalue weighted by Gasteiger charge is 2.34. The predicted octanol–water partition coefficient (Wildman–Crippen LogP) is 0.186. The fraction of sp³-hybridized carbons (Fsp3) is 0.643. The summed E-state index contributed by atoms with van der Waals surface area (Å²) in [5.74, 6) is 1.13. The van der Waals surface area contributed by atoms with E-state index >= 15 is 0 Å². The lowest BCUT2D eigenvalue weighted by Crippen LogP contribution is -2.52. The Balaban J connectivity index is 1.76. The van der Waals surface area contributed by atoms with E-state index in [2.05, 4.69) is 20.2 Å². The van der Waals surface area contributed by atoms with Crippen molar-refractivity contribution in [3.8, 4) is 0 Å². The average molecular weight is 275 g/mol. The second kappa shape index (κ2) is 5.75. The Hall–Kier alpha value is -1.69. The number of piperazine rings is 1. The maximum absolute atomic E-state index is 12.7. The molecule has 6 nitrogen and oxygen atoms in total. The molecule has 1 N–H and O–H groups in total. The first kappa shape index (κ1) is 13.3. The monoisotopic (exact) mass is 275 g/mol. The Morgan fingerprint density at radius 2 is 2.10 bits per heavy atom. The van der Waals surface area contributed by atoms with Gasteiger partial charge in [-0.05, 0) is 19.8 Å². The molecule has 2 aliphatic heterocycles. The number of carbonyl (C=O) groups excluding carboxylic acids is 1. The van der Waals surface area contributed by atoms with Gasteiger partial charge in [0.25, 0.3) is 0 Å². The number of aromatic nitrogens is 2. The third kappa shape index (κ3) is 2.60. The highest BCUT2D eigenvalue weighted by Crippen LogP contribution is 2.25. The first-order valence-corrected chi connectivity index (χ1v) is 7.30. The van der Waals surface area contributed by atoms with Crippen LogP contribution in [0.1, 0.15) is 18.5 Å². The zero-order valence-electron chi connectivity index (χ0n) is 11.9. The van der Waals surface area contributed by atoms with Crippen LogP contribution in [-0.2, 0) is 4.79 Å². The molecule has 1 aromatic rings. The van der Waals surface area contributed by atoms with Crippen LogP contribution in [-0.4, -0.2) is 59.5 Å². The van der Waals surface area contributed by atoms with Gasteiger partial charge in [-0.2, -0.15) is 0 Å². The lowest BCUT2D eigenvalue weighted by Gasteiger charge is -2.33. The number of anilines is 1. The number of aryl methyl sites for hydroxylation is 1. The molecule has 6 heteroatoms. The second-order valence-electron chi connectivity index (χ2n) is 5.44. The molecule has 2 saturated heterocycles. The van der Waals surface area contributed by atoms with E-state index in [0.29, 0.717) is 0 Å². The van der Waals surface area contributed by atoms with Crippen molar-refractivity contribution in [2.45, 2.75) is 25.8 Å². The van der Waals surface area contributed by atoms with Crippen LogP contribution in [0.4, 0.5) is 5.82 Å². The van der Waals surface area contributed by atoms with E-state index in [9.17, 15) is 4.79 Å². The number of nitrogens with one attached hydrogen (secondary N) is 1. The Morgan fingerprint density at radius 3 is 2.85 bits per heavy atom. The van der Waals surface area contributed by atoms with Crippen molar-refractivity contribution in [3.05, 3.63) is 18.1 Å². The zero-order chi connectivity index (χ0) is 13.9. The fourth-order valence-corrected chi connectivity index (χ4v) is 2.99. The summed E-state index contributed by atoms with van der Waals surface area (Å²) in [6.07, 6.45) is 3.55. The molecule has 0 radical (unpaired) electrons. The summed E-state index contributed by atoms with van der Waals surface area (Å²) < 4.78 is 0. The minimum absolute atomic E-state index is 0.0533. The number of rotatable bonds is 2. The highest BCUT2D eigenvalue weighted by atomic mass is 16.2. The van der Waals surface area contributed by atoms with Crippen LogP contribution in [0.25, 0.3) is 0 Å². The van der Waals surface area contributed by atoms with Crippen LogP contribution < -0.4 is 10.2 Å². The summed E-state index contributed by atoms with van der Waals surface area (Å²) >= 11 is 0. The Labute approximate surface area is 119 Å². The molecular weight excluding hydrogens is 254 g/mol. The van der Waals surface area contributed by atoms with Crippen LogP contribution in [0.5, 0.6) is 0 Å². The minimum atomic E-state index is -0.0533. The first-order valence-electron chi connectivity index (χ1n) is 7.30. The molecule has 1 atom stereocenters. The number of nitrogens with zero attached hydrogens (tertiary/aromatic N) is 4. The maximum atomic E-state index is 12.7. The summed E-state index contributed by atoms with van der Waals surface area (Å²) in [6, 6.07) is 1.91. The van der Waals surface area contributed by atoms with E-state index < -0.39 is 0 Å². The summed E-state index contributed by atoms with van der Waals surface area (Å²) in [6.45, 7) is 6.27. The fourth-order valence-electron chi connectivity index (χ4n) is 2.99. The van der Waals surface area contributed by atoms with E-state index in [1.165, 1.54) is 0 Å². The smallest absolute Gasteiger partial charge is 0.245 e. The third-order valence-electron chi connectivity index (χ3n) is 4.05. The quantitative estimate of drug-likeness (QED) is 0.834. The Morgan fingerprint density at radius 1 is 1.30 bits per heavy atom. The van der Waals surface area contributed by atoms with Crippen LogP contribution in [0.15, 0.2) is 12.4 Å². The van der Waals surface area contributed by atoms with Crippen LogP contribution in [0, 0.1) is 6.92 Å². The number of hydrogen-bond donors (Lipinski definition) is 1. The average Bonchev–Trinajstić information content (AvgIpc) is 2.97. The zero-order valence-corrected chi connectivity index (χ0v) is 11.9. The predicted molar refractivity (Wildman–Crippen MR) is 76.6 cm³/mol. The Kier molecular flexibility index (Phi) is 3.82. The molecule has 2 aliphatic rings.